The predicted octanol–water partition coefficient (Wildman–Crippen LogP) is 3.04. The SMILES string of the molecule is COc1cccc(-c2ccc3c(c2)C2(CC4(CCCOC4)O3)N=C(N)N(C)O2)c1. The highest BCUT2D eigenvalue weighted by Crippen LogP contribution is 2.51. The first-order valence-corrected chi connectivity index (χ1v) is 9.86. The molecular formula is C22H25N3O4. The minimum atomic E-state index is -0.915. The zero-order chi connectivity index (χ0) is 20.1. The van der Waals surface area contributed by atoms with Crippen molar-refractivity contribution < 1.29 is 19.0 Å². The third-order valence-corrected chi connectivity index (χ3v) is 5.88. The number of nitrogens with zero attached hydrogens (tertiary/aromatic N) is 2. The van der Waals surface area contributed by atoms with E-state index in [9.17, 15) is 0 Å². The van der Waals surface area contributed by atoms with Crippen LogP contribution in [-0.2, 0) is 15.3 Å². The lowest BCUT2D eigenvalue weighted by Gasteiger charge is -2.46. The Balaban J connectivity index is 1.62. The van der Waals surface area contributed by atoms with Crippen LogP contribution in [0.4, 0.5) is 0 Å². The topological polar surface area (TPSA) is 78.5 Å². The van der Waals surface area contributed by atoms with Crippen molar-refractivity contribution in [2.45, 2.75) is 30.6 Å². The third kappa shape index (κ3) is 3.01. The molecule has 0 radical (unpaired) electrons. The summed E-state index contributed by atoms with van der Waals surface area (Å²) in [5.41, 5.74) is 7.69. The number of hydroxylamine groups is 2. The predicted molar refractivity (Wildman–Crippen MR) is 109 cm³/mol. The zero-order valence-corrected chi connectivity index (χ0v) is 16.7. The first kappa shape index (κ1) is 18.3. The maximum Gasteiger partial charge on any atom is 0.222 e. The van der Waals surface area contributed by atoms with E-state index >= 15 is 0 Å². The molecule has 2 unspecified atom stereocenters. The minimum absolute atomic E-state index is 0.358. The summed E-state index contributed by atoms with van der Waals surface area (Å²) in [6.07, 6.45) is 2.40. The van der Waals surface area contributed by atoms with Gasteiger partial charge in [-0.2, -0.15) is 0 Å². The van der Waals surface area contributed by atoms with Gasteiger partial charge in [0.1, 0.15) is 17.1 Å². The summed E-state index contributed by atoms with van der Waals surface area (Å²) in [4.78, 5) is 11.0. The highest BCUT2D eigenvalue weighted by molar-refractivity contribution is 5.79. The van der Waals surface area contributed by atoms with Crippen LogP contribution in [0.2, 0.25) is 0 Å². The van der Waals surface area contributed by atoms with Crippen LogP contribution in [0.15, 0.2) is 47.5 Å². The average Bonchev–Trinajstić information content (AvgIpc) is 3.01. The van der Waals surface area contributed by atoms with Crippen LogP contribution in [0, 0.1) is 0 Å². The van der Waals surface area contributed by atoms with Crippen molar-refractivity contribution in [3.8, 4) is 22.6 Å². The monoisotopic (exact) mass is 395 g/mol. The lowest BCUT2D eigenvalue weighted by molar-refractivity contribution is -0.216. The van der Waals surface area contributed by atoms with Gasteiger partial charge in [-0.25, -0.2) is 14.9 Å². The number of rotatable bonds is 2. The molecule has 2 spiro atoms. The van der Waals surface area contributed by atoms with Crippen LogP contribution < -0.4 is 15.2 Å². The molecule has 1 fully saturated rings. The van der Waals surface area contributed by atoms with Crippen molar-refractivity contribution in [2.24, 2.45) is 10.7 Å². The molecule has 7 nitrogen and oxygen atoms in total. The molecule has 152 valence electrons. The van der Waals surface area contributed by atoms with Crippen molar-refractivity contribution >= 4 is 5.96 Å². The molecule has 3 aliphatic rings. The Kier molecular flexibility index (Phi) is 4.18. The molecule has 2 aromatic rings. The number of benzene rings is 2. The summed E-state index contributed by atoms with van der Waals surface area (Å²) in [7, 11) is 3.44. The molecule has 2 atom stereocenters. The smallest absolute Gasteiger partial charge is 0.222 e. The molecular weight excluding hydrogens is 370 g/mol. The number of hydrogen-bond acceptors (Lipinski definition) is 7. The molecule has 1 saturated heterocycles. The quantitative estimate of drug-likeness (QED) is 0.842. The molecule has 3 heterocycles. The maximum atomic E-state index is 6.50. The first-order chi connectivity index (χ1) is 14.0. The maximum absolute atomic E-state index is 6.50. The molecule has 29 heavy (non-hydrogen) atoms. The van der Waals surface area contributed by atoms with Crippen LogP contribution in [0.5, 0.6) is 11.5 Å². The highest BCUT2D eigenvalue weighted by atomic mass is 16.7. The van der Waals surface area contributed by atoms with Crippen molar-refractivity contribution in [1.82, 2.24) is 5.06 Å². The number of guanidine groups is 1. The summed E-state index contributed by atoms with van der Waals surface area (Å²) >= 11 is 0. The first-order valence-electron chi connectivity index (χ1n) is 9.86. The normalized spacial score (nSPS) is 28.2. The molecule has 0 aromatic heterocycles. The van der Waals surface area contributed by atoms with Crippen LogP contribution in [0.25, 0.3) is 11.1 Å². The van der Waals surface area contributed by atoms with Gasteiger partial charge in [-0.05, 0) is 48.2 Å². The standard InChI is InChI=1S/C22H25N3O4/c1-25-20(23)24-22(29-25)13-21(9-4-10-27-14-21)28-19-8-7-16(12-18(19)22)15-5-3-6-17(11-15)26-2/h3,5-8,11-12H,4,9-10,13-14H2,1-2H3,(H2,23,24). The lowest BCUT2D eigenvalue weighted by atomic mass is 9.80. The fourth-order valence-electron chi connectivity index (χ4n) is 4.48. The van der Waals surface area contributed by atoms with Gasteiger partial charge in [0, 0.05) is 20.1 Å². The molecule has 2 N–H and O–H groups in total. The second-order valence-corrected chi connectivity index (χ2v) is 7.90. The summed E-state index contributed by atoms with van der Waals surface area (Å²) < 4.78 is 17.6. The van der Waals surface area contributed by atoms with E-state index in [0.717, 1.165) is 47.6 Å². The molecule has 2 aromatic carbocycles. The Labute approximate surface area is 170 Å². The highest BCUT2D eigenvalue weighted by Gasteiger charge is 2.55. The molecule has 0 saturated carbocycles. The van der Waals surface area contributed by atoms with E-state index in [0.29, 0.717) is 19.0 Å². The van der Waals surface area contributed by atoms with Crippen LogP contribution in [-0.4, -0.2) is 44.0 Å². The number of methoxy groups -OCH3 is 1. The summed E-state index contributed by atoms with van der Waals surface area (Å²) in [6.45, 7) is 1.28. The largest absolute Gasteiger partial charge is 0.497 e. The van der Waals surface area contributed by atoms with Gasteiger partial charge in [0.05, 0.1) is 19.3 Å². The van der Waals surface area contributed by atoms with Crippen LogP contribution >= 0.6 is 0 Å². The molecule has 7 heteroatoms. The molecule has 5 rings (SSSR count). The molecule has 0 amide bonds. The fourth-order valence-corrected chi connectivity index (χ4v) is 4.48. The van der Waals surface area contributed by atoms with Gasteiger partial charge in [0.25, 0.3) is 0 Å². The van der Waals surface area contributed by atoms with Gasteiger partial charge in [0.2, 0.25) is 11.7 Å². The number of aliphatic imine (C=N–C) groups is 1. The summed E-state index contributed by atoms with van der Waals surface area (Å²) in [5.74, 6) is 1.93. The van der Waals surface area contributed by atoms with Crippen LogP contribution in [0.3, 0.4) is 0 Å². The minimum Gasteiger partial charge on any atom is -0.497 e. The average molecular weight is 395 g/mol. The van der Waals surface area contributed by atoms with E-state index in [1.54, 1.807) is 14.2 Å². The van der Waals surface area contributed by atoms with Gasteiger partial charge >= 0.3 is 0 Å². The van der Waals surface area contributed by atoms with Gasteiger partial charge in [0.15, 0.2) is 0 Å². The van der Waals surface area contributed by atoms with E-state index < -0.39 is 11.3 Å². The number of ether oxygens (including phenoxy) is 3. The third-order valence-electron chi connectivity index (χ3n) is 5.88. The van der Waals surface area contributed by atoms with E-state index in [1.807, 2.05) is 24.3 Å². The number of nitrogens with two attached hydrogens (primary N) is 1. The lowest BCUT2D eigenvalue weighted by Crippen LogP contribution is -2.53. The Hall–Kier alpha value is -2.77. The van der Waals surface area contributed by atoms with Crippen LogP contribution in [0.1, 0.15) is 24.8 Å². The van der Waals surface area contributed by atoms with Gasteiger partial charge < -0.3 is 19.9 Å². The van der Waals surface area contributed by atoms with Crippen molar-refractivity contribution in [2.75, 3.05) is 27.4 Å². The second kappa shape index (κ2) is 6.64. The van der Waals surface area contributed by atoms with Gasteiger partial charge in [-0.1, -0.05) is 18.2 Å². The van der Waals surface area contributed by atoms with E-state index in [-0.39, 0.29) is 0 Å². The van der Waals surface area contributed by atoms with Crippen molar-refractivity contribution in [3.05, 3.63) is 48.0 Å². The Morgan fingerprint density at radius 1 is 1.17 bits per heavy atom. The van der Waals surface area contributed by atoms with Gasteiger partial charge in [-0.3, -0.25) is 0 Å². The molecule has 0 aliphatic carbocycles. The second-order valence-electron chi connectivity index (χ2n) is 7.90. The van der Waals surface area contributed by atoms with Gasteiger partial charge in [-0.15, -0.1) is 0 Å². The number of hydrogen-bond donors (Lipinski definition) is 1. The van der Waals surface area contributed by atoms with E-state index in [2.05, 4.69) is 18.2 Å². The van der Waals surface area contributed by atoms with E-state index in [1.165, 1.54) is 5.06 Å². The Morgan fingerprint density at radius 3 is 2.76 bits per heavy atom. The molecule has 0 bridgehead atoms. The Bertz CT molecular complexity index is 970. The Morgan fingerprint density at radius 2 is 2.03 bits per heavy atom. The fraction of sp³-hybridized carbons (Fsp3) is 0.409. The number of fused-ring (bicyclic) bond motifs is 2. The zero-order valence-electron chi connectivity index (χ0n) is 16.7. The summed E-state index contributed by atoms with van der Waals surface area (Å²) in [6, 6.07) is 14.1. The molecule has 3 aliphatic heterocycles. The summed E-state index contributed by atoms with van der Waals surface area (Å²) in [5, 5.41) is 1.53. The van der Waals surface area contributed by atoms with E-state index in [4.69, 9.17) is 29.8 Å². The van der Waals surface area contributed by atoms with Crippen molar-refractivity contribution in [1.29, 1.82) is 0 Å². The van der Waals surface area contributed by atoms with Crippen molar-refractivity contribution in [3.63, 3.8) is 0 Å².